The summed E-state index contributed by atoms with van der Waals surface area (Å²) in [6, 6.07) is 33.1. The maximum absolute atomic E-state index is 13.9. The number of hydrogen-bond donors (Lipinski definition) is 3. The van der Waals surface area contributed by atoms with Crippen molar-refractivity contribution in [2.24, 2.45) is 0 Å². The summed E-state index contributed by atoms with van der Waals surface area (Å²) in [7, 11) is 0. The molecule has 2 aliphatic carbocycles. The van der Waals surface area contributed by atoms with Crippen molar-refractivity contribution in [2.45, 2.75) is 109 Å². The molecule has 3 N–H and O–H groups in total. The largest absolute Gasteiger partial charge is 0.365 e. The zero-order chi connectivity index (χ0) is 58.0. The summed E-state index contributed by atoms with van der Waals surface area (Å²) in [6.45, 7) is 5.79. The van der Waals surface area contributed by atoms with E-state index in [9.17, 15) is 9.59 Å². The van der Waals surface area contributed by atoms with Crippen LogP contribution in [0.2, 0.25) is 0 Å². The standard InChI is InChI=1S/C65H64N20O2/c86-62(81-21-17-55-59(37-81)73-77-71-55)39-83-33-53(48-28-66-64(67-29-48)70-50-23-42-8-1-2-9-43(42)24-50)57(75-83)35-79-19-15-46-25-51(14-13-47(46)32-79)85(52-26-44-10-3-4-11-45(44)27-52)65-68-30-49(31-69-65)54-34-84(40-63(87)82-22-18-56-60(38-82)74-78-72-56)76-58(54)36-80-20-16-41-7-5-6-12-61(41)80/h1-14,25,28-31,33-34,50,52H,15-24,26-27,32,35-40H2,(H,66,67,70)(H,71,73,77)(H,72,74,78). The first kappa shape index (κ1) is 52.6. The van der Waals surface area contributed by atoms with Crippen LogP contribution in [0.5, 0.6) is 0 Å². The van der Waals surface area contributed by atoms with Crippen molar-refractivity contribution in [1.29, 1.82) is 0 Å². The SMILES string of the molecule is O=C(Cn1cc(-c2cnc(NC3Cc4ccccc4C3)nc2)c(CN2CCc3cc(N(c4ncc(-c5cn(CC(=O)N6CCc7[nH]nnc7C6)nc5CN5CCc6ccccc65)cn4)C4Cc5ccccc5C4)ccc3C2)n1)N1CCc2[nH]nnc2C1. The number of nitrogens with zero attached hydrogens (tertiary/aromatic N) is 17. The van der Waals surface area contributed by atoms with E-state index in [1.807, 2.05) is 47.0 Å². The van der Waals surface area contributed by atoms with Crippen LogP contribution in [-0.4, -0.2) is 135 Å². The number of nitrogens with one attached hydrogen (secondary N) is 3. The maximum Gasteiger partial charge on any atom is 0.244 e. The first-order chi connectivity index (χ1) is 42.8. The molecular weight excluding hydrogens is 1090 g/mol. The fourth-order valence-corrected chi connectivity index (χ4v) is 13.9. The zero-order valence-electron chi connectivity index (χ0n) is 48.1. The summed E-state index contributed by atoms with van der Waals surface area (Å²) < 4.78 is 3.55. The molecule has 436 valence electrons. The Kier molecular flexibility index (Phi) is 13.4. The molecule has 2 amide bonds. The van der Waals surface area contributed by atoms with Crippen molar-refractivity contribution in [2.75, 3.05) is 41.3 Å². The molecule has 4 aliphatic heterocycles. The molecule has 16 rings (SSSR count). The highest BCUT2D eigenvalue weighted by atomic mass is 16.2. The summed E-state index contributed by atoms with van der Waals surface area (Å²) >= 11 is 0. The average molecular weight is 1160 g/mol. The molecule has 10 aromatic rings. The monoisotopic (exact) mass is 1160 g/mol. The molecule has 4 aromatic carbocycles. The fraction of sp³-hybridized carbons (Fsp3) is 0.323. The Morgan fingerprint density at radius 3 is 1.72 bits per heavy atom. The third-order valence-electron chi connectivity index (χ3n) is 18.5. The van der Waals surface area contributed by atoms with Crippen molar-refractivity contribution in [3.63, 3.8) is 0 Å². The van der Waals surface area contributed by atoms with Crippen LogP contribution in [0.4, 0.5) is 23.3 Å². The van der Waals surface area contributed by atoms with Crippen molar-refractivity contribution >= 4 is 35.1 Å². The Morgan fingerprint density at radius 1 is 0.552 bits per heavy atom. The Balaban J connectivity index is 0.660. The lowest BCUT2D eigenvalue weighted by atomic mass is 9.97. The van der Waals surface area contributed by atoms with Gasteiger partial charge in [0.1, 0.15) is 24.5 Å². The number of rotatable bonds is 15. The number of anilines is 4. The van der Waals surface area contributed by atoms with Gasteiger partial charge in [-0.25, -0.2) is 19.9 Å². The van der Waals surface area contributed by atoms with Crippen LogP contribution < -0.4 is 15.1 Å². The van der Waals surface area contributed by atoms with E-state index >= 15 is 0 Å². The number of hydrogen-bond acceptors (Lipinski definition) is 16. The lowest BCUT2D eigenvalue weighted by Crippen LogP contribution is -2.38. The van der Waals surface area contributed by atoms with Gasteiger partial charge in [0.05, 0.1) is 42.4 Å². The van der Waals surface area contributed by atoms with E-state index in [2.05, 4.69) is 142 Å². The first-order valence-corrected chi connectivity index (χ1v) is 30.3. The molecular formula is C65H64N20O2. The Hall–Kier alpha value is -9.96. The summed E-state index contributed by atoms with van der Waals surface area (Å²) in [5.41, 5.74) is 20.4. The minimum absolute atomic E-state index is 0.0204. The lowest BCUT2D eigenvalue weighted by Gasteiger charge is -2.32. The Bertz CT molecular complexity index is 4170. The van der Waals surface area contributed by atoms with Crippen LogP contribution in [0.3, 0.4) is 0 Å². The summed E-state index contributed by atoms with van der Waals surface area (Å²) in [5, 5.41) is 36.1. The quantitative estimate of drug-likeness (QED) is 0.101. The Morgan fingerprint density at radius 2 is 1.10 bits per heavy atom. The first-order valence-electron chi connectivity index (χ1n) is 30.3. The number of amides is 2. The van der Waals surface area contributed by atoms with Gasteiger partial charge in [-0.1, -0.05) is 83.2 Å². The smallest absolute Gasteiger partial charge is 0.244 e. The van der Waals surface area contributed by atoms with Crippen molar-refractivity contribution in [3.05, 3.63) is 201 Å². The van der Waals surface area contributed by atoms with Gasteiger partial charge in [0.2, 0.25) is 23.7 Å². The number of fused-ring (bicyclic) bond motifs is 6. The summed E-state index contributed by atoms with van der Waals surface area (Å²) in [6.07, 6.45) is 18.3. The van der Waals surface area contributed by atoms with Gasteiger partial charge in [-0.3, -0.25) is 34.0 Å². The number of carbonyl (C=O) groups excluding carboxylic acids is 2. The van der Waals surface area contributed by atoms with Gasteiger partial charge < -0.3 is 24.9 Å². The molecule has 22 heteroatoms. The van der Waals surface area contributed by atoms with Gasteiger partial charge in [-0.15, -0.1) is 10.2 Å². The van der Waals surface area contributed by atoms with Crippen LogP contribution >= 0.6 is 0 Å². The van der Waals surface area contributed by atoms with Crippen molar-refractivity contribution < 1.29 is 9.59 Å². The third-order valence-corrected chi connectivity index (χ3v) is 18.5. The van der Waals surface area contributed by atoms with E-state index in [0.29, 0.717) is 64.0 Å². The topological polar surface area (TPSA) is 233 Å². The molecule has 6 aromatic heterocycles. The van der Waals surface area contributed by atoms with Crippen LogP contribution in [0.25, 0.3) is 22.3 Å². The second kappa shape index (κ2) is 22.1. The molecule has 0 saturated carbocycles. The molecule has 10 heterocycles. The van der Waals surface area contributed by atoms with E-state index in [-0.39, 0.29) is 37.0 Å². The second-order valence-electron chi connectivity index (χ2n) is 24.0. The van der Waals surface area contributed by atoms with Gasteiger partial charge in [-0.05, 0) is 95.7 Å². The predicted octanol–water partition coefficient (Wildman–Crippen LogP) is 6.41. The molecule has 0 unspecified atom stereocenters. The fourth-order valence-electron chi connectivity index (χ4n) is 13.9. The Labute approximate surface area is 501 Å². The lowest BCUT2D eigenvalue weighted by molar-refractivity contribution is -0.133. The highest BCUT2D eigenvalue weighted by Gasteiger charge is 2.33. The molecule has 0 saturated heterocycles. The van der Waals surface area contributed by atoms with Gasteiger partial charge in [0.25, 0.3) is 0 Å². The molecule has 22 nitrogen and oxygen atoms in total. The minimum atomic E-state index is -0.0234. The highest BCUT2D eigenvalue weighted by molar-refractivity contribution is 5.77. The van der Waals surface area contributed by atoms with Crippen molar-refractivity contribution in [1.82, 2.24) is 85.0 Å². The number of para-hydroxylation sites is 1. The summed E-state index contributed by atoms with van der Waals surface area (Å²) in [4.78, 5) is 58.6. The van der Waals surface area contributed by atoms with E-state index in [4.69, 9.17) is 30.1 Å². The number of aromatic nitrogens is 14. The summed E-state index contributed by atoms with van der Waals surface area (Å²) in [5.74, 6) is 1.18. The van der Waals surface area contributed by atoms with E-state index in [0.717, 1.165) is 120 Å². The van der Waals surface area contributed by atoms with Gasteiger partial charge in [0.15, 0.2) is 0 Å². The third kappa shape index (κ3) is 10.4. The van der Waals surface area contributed by atoms with E-state index in [1.165, 1.54) is 44.6 Å². The molecule has 0 radical (unpaired) electrons. The molecule has 6 aliphatic rings. The molecule has 0 spiro atoms. The molecule has 0 atom stereocenters. The van der Waals surface area contributed by atoms with E-state index < -0.39 is 0 Å². The normalized spacial score (nSPS) is 16.3. The molecule has 0 fully saturated rings. The van der Waals surface area contributed by atoms with Crippen LogP contribution in [0, 0.1) is 0 Å². The maximum atomic E-state index is 13.9. The number of benzene rings is 4. The molecule has 0 bridgehead atoms. The minimum Gasteiger partial charge on any atom is -0.365 e. The number of carbonyl (C=O) groups is 2. The van der Waals surface area contributed by atoms with Gasteiger partial charge in [0, 0.05) is 135 Å². The van der Waals surface area contributed by atoms with Gasteiger partial charge >= 0.3 is 0 Å². The number of H-pyrrole nitrogens is 2. The zero-order valence-corrected chi connectivity index (χ0v) is 48.1. The van der Waals surface area contributed by atoms with Gasteiger partial charge in [-0.2, -0.15) is 10.2 Å². The van der Waals surface area contributed by atoms with Crippen molar-refractivity contribution in [3.8, 4) is 22.3 Å². The van der Waals surface area contributed by atoms with E-state index in [1.54, 1.807) is 9.36 Å². The van der Waals surface area contributed by atoms with Crippen LogP contribution in [0.15, 0.2) is 128 Å². The highest BCUT2D eigenvalue weighted by Crippen LogP contribution is 2.38. The van der Waals surface area contributed by atoms with Crippen LogP contribution in [-0.2, 0) is 107 Å². The second-order valence-corrected chi connectivity index (χ2v) is 24.0. The molecule has 87 heavy (non-hydrogen) atoms. The predicted molar refractivity (Wildman–Crippen MR) is 324 cm³/mol. The van der Waals surface area contributed by atoms with Crippen LogP contribution in [0.1, 0.15) is 73.1 Å². The average Bonchev–Trinajstić information content (AvgIpc) is 4.20. The number of aromatic amines is 2.